The Hall–Kier alpha value is -6.58. The van der Waals surface area contributed by atoms with Crippen LogP contribution in [0.4, 0.5) is 10.5 Å². The van der Waals surface area contributed by atoms with E-state index < -0.39 is 43.4 Å². The third-order valence-electron chi connectivity index (χ3n) is 8.61. The van der Waals surface area contributed by atoms with Gasteiger partial charge in [-0.15, -0.1) is 0 Å². The average molecular weight is 829 g/mol. The Kier molecular flexibility index (Phi) is 18.1. The monoisotopic (exact) mass is 828 g/mol. The second-order valence-corrected chi connectivity index (χ2v) is 15.4. The number of para-hydroxylation sites is 2. The van der Waals surface area contributed by atoms with E-state index in [-0.39, 0.29) is 62.3 Å². The van der Waals surface area contributed by atoms with Gasteiger partial charge in [0.2, 0.25) is 11.8 Å². The van der Waals surface area contributed by atoms with Crippen LogP contribution < -0.4 is 53.7 Å². The molecule has 0 bridgehead atoms. The highest BCUT2D eigenvalue weighted by Crippen LogP contribution is 2.53. The molecule has 3 amide bonds. The van der Waals surface area contributed by atoms with Gasteiger partial charge >= 0.3 is 13.7 Å². The fourth-order valence-corrected chi connectivity index (χ4v) is 7.54. The molecule has 59 heavy (non-hydrogen) atoms. The van der Waals surface area contributed by atoms with Crippen molar-refractivity contribution in [3.05, 3.63) is 126 Å². The smallest absolute Gasteiger partial charge is 0.445 e. The number of guanidine groups is 2. The van der Waals surface area contributed by atoms with Gasteiger partial charge in [0.1, 0.15) is 30.2 Å². The maximum Gasteiger partial charge on any atom is 0.453 e. The van der Waals surface area contributed by atoms with Crippen LogP contribution in [0.2, 0.25) is 0 Å². The number of alkyl carbamates (subject to hydrolysis) is 1. The van der Waals surface area contributed by atoms with Crippen molar-refractivity contribution in [1.29, 1.82) is 0 Å². The van der Waals surface area contributed by atoms with Crippen molar-refractivity contribution in [3.8, 4) is 11.5 Å². The van der Waals surface area contributed by atoms with Crippen LogP contribution in [0.25, 0.3) is 0 Å². The SMILES string of the molecule is NCCCC[C@H](NC(=O)OCc1ccccc1)C(=O)N[C@@H](CCCN=C(N)N)C(=O)NC(Cc1ccc(N=C(N)N)cc1)P(=O)(Oc1ccccc1)Oc1ccccc1. The Labute approximate surface area is 343 Å². The molecule has 0 aliphatic rings. The molecule has 0 spiro atoms. The molecule has 0 aromatic heterocycles. The summed E-state index contributed by atoms with van der Waals surface area (Å²) in [7, 11) is -4.39. The van der Waals surface area contributed by atoms with Crippen molar-refractivity contribution in [1.82, 2.24) is 16.0 Å². The predicted molar refractivity (Wildman–Crippen MR) is 228 cm³/mol. The first kappa shape index (κ1) is 45.1. The molecule has 17 nitrogen and oxygen atoms in total. The standard InChI is InChI=1S/C41H53N10O7P/c42-25-11-10-19-35(50-41(54)56-28-30-13-4-1-5-14-30)37(52)49-34(20-12-26-47-39(43)44)38(53)51-36(27-29-21-23-31(24-22-29)48-40(45)46)59(55,57-32-15-6-2-7-16-32)58-33-17-8-3-9-18-33/h1-9,13-18,21-24,34-36H,10-12,19-20,25-28,42H2,(H,49,52)(H,50,54)(H,51,53)(H4,43,44,47)(H4,45,46,48)/t34-,35-,36?/m0/s1. The van der Waals surface area contributed by atoms with Crippen molar-refractivity contribution < 1.29 is 32.7 Å². The van der Waals surface area contributed by atoms with Gasteiger partial charge in [-0.1, -0.05) is 78.9 Å². The number of nitrogens with two attached hydrogens (primary N) is 5. The molecule has 0 fully saturated rings. The van der Waals surface area contributed by atoms with Gasteiger partial charge < -0.3 is 58.4 Å². The predicted octanol–water partition coefficient (Wildman–Crippen LogP) is 3.89. The molecular weight excluding hydrogens is 775 g/mol. The van der Waals surface area contributed by atoms with Gasteiger partial charge in [-0.25, -0.2) is 14.4 Å². The molecule has 3 atom stereocenters. The molecule has 0 aliphatic carbocycles. The lowest BCUT2D eigenvalue weighted by molar-refractivity contribution is -0.130. The van der Waals surface area contributed by atoms with E-state index in [2.05, 4.69) is 25.9 Å². The molecule has 13 N–H and O–H groups in total. The third kappa shape index (κ3) is 16.1. The molecule has 0 radical (unpaired) electrons. The summed E-state index contributed by atoms with van der Waals surface area (Å²) in [6, 6.07) is 30.3. The maximum atomic E-state index is 15.2. The van der Waals surface area contributed by atoms with Crippen LogP contribution in [0.5, 0.6) is 11.5 Å². The number of hydrogen-bond donors (Lipinski definition) is 8. The van der Waals surface area contributed by atoms with Crippen LogP contribution in [-0.2, 0) is 31.9 Å². The van der Waals surface area contributed by atoms with Gasteiger partial charge in [-0.05, 0) is 86.2 Å². The zero-order chi connectivity index (χ0) is 42.5. The molecular formula is C41H53N10O7P. The third-order valence-corrected chi connectivity index (χ3v) is 10.6. The number of amides is 3. The first-order valence-corrected chi connectivity index (χ1v) is 20.7. The molecule has 1 unspecified atom stereocenters. The number of rotatable bonds is 23. The molecule has 0 heterocycles. The Balaban J connectivity index is 1.66. The van der Waals surface area contributed by atoms with Crippen LogP contribution in [0.3, 0.4) is 0 Å². The number of unbranched alkanes of at least 4 members (excludes halogenated alkanes) is 1. The van der Waals surface area contributed by atoms with Crippen molar-refractivity contribution >= 4 is 43.1 Å². The number of hydrogen-bond acceptors (Lipinski definition) is 10. The minimum atomic E-state index is -4.39. The lowest BCUT2D eigenvalue weighted by atomic mass is 10.1. The van der Waals surface area contributed by atoms with Gasteiger partial charge in [0, 0.05) is 13.0 Å². The summed E-state index contributed by atoms with van der Waals surface area (Å²) in [5.74, 6) is -2.52. The number of nitrogens with zero attached hydrogens (tertiary/aromatic N) is 2. The zero-order valence-electron chi connectivity index (χ0n) is 32.7. The maximum absolute atomic E-state index is 15.2. The number of carbonyl (C=O) groups is 3. The summed E-state index contributed by atoms with van der Waals surface area (Å²) < 4.78 is 32.9. The second-order valence-electron chi connectivity index (χ2n) is 13.3. The number of ether oxygens (including phenoxy) is 1. The molecule has 4 aromatic carbocycles. The molecule has 0 saturated heterocycles. The first-order valence-electron chi connectivity index (χ1n) is 19.0. The second kappa shape index (κ2) is 23.6. The normalized spacial score (nSPS) is 12.4. The summed E-state index contributed by atoms with van der Waals surface area (Å²) >= 11 is 0. The highest BCUT2D eigenvalue weighted by Gasteiger charge is 2.42. The van der Waals surface area contributed by atoms with E-state index in [0.717, 1.165) is 5.56 Å². The van der Waals surface area contributed by atoms with E-state index in [1.807, 2.05) is 18.2 Å². The lowest BCUT2D eigenvalue weighted by Gasteiger charge is -2.30. The van der Waals surface area contributed by atoms with Crippen molar-refractivity contribution in [3.63, 3.8) is 0 Å². The summed E-state index contributed by atoms with van der Waals surface area (Å²) in [5, 5.41) is 8.29. The fourth-order valence-electron chi connectivity index (χ4n) is 5.70. The Morgan fingerprint density at radius 2 is 1.17 bits per heavy atom. The van der Waals surface area contributed by atoms with Gasteiger partial charge in [0.15, 0.2) is 17.7 Å². The average Bonchev–Trinajstić information content (AvgIpc) is 3.22. The van der Waals surface area contributed by atoms with E-state index in [9.17, 15) is 14.4 Å². The lowest BCUT2D eigenvalue weighted by Crippen LogP contribution is -2.55. The van der Waals surface area contributed by atoms with Crippen LogP contribution in [-0.4, -0.2) is 60.8 Å². The molecule has 0 aliphatic heterocycles. The van der Waals surface area contributed by atoms with Crippen molar-refractivity contribution in [2.75, 3.05) is 13.1 Å². The number of nitrogens with one attached hydrogen (secondary N) is 3. The fraction of sp³-hybridized carbons (Fsp3) is 0.293. The quantitative estimate of drug-likeness (QED) is 0.0229. The van der Waals surface area contributed by atoms with Gasteiger partial charge in [0.25, 0.3) is 0 Å². The van der Waals surface area contributed by atoms with E-state index in [1.54, 1.807) is 97.1 Å². The van der Waals surface area contributed by atoms with Crippen LogP contribution in [0.1, 0.15) is 43.2 Å². The molecule has 314 valence electrons. The molecule has 0 saturated carbocycles. The topological polar surface area (TPSA) is 287 Å². The summed E-state index contributed by atoms with van der Waals surface area (Å²) in [6.45, 7) is 0.496. The van der Waals surface area contributed by atoms with Crippen LogP contribution >= 0.6 is 7.60 Å². The van der Waals surface area contributed by atoms with Crippen LogP contribution in [0, 0.1) is 0 Å². The van der Waals surface area contributed by atoms with E-state index in [0.29, 0.717) is 30.6 Å². The summed E-state index contributed by atoms with van der Waals surface area (Å²) in [6.07, 6.45) is 0.710. The number of aliphatic imine (C=N–C) groups is 2. The minimum absolute atomic E-state index is 0.0196. The Morgan fingerprint density at radius 3 is 1.73 bits per heavy atom. The summed E-state index contributed by atoms with van der Waals surface area (Å²) in [5.41, 5.74) is 29.8. The van der Waals surface area contributed by atoms with Crippen LogP contribution in [0.15, 0.2) is 125 Å². The van der Waals surface area contributed by atoms with Crippen molar-refractivity contribution in [2.45, 2.75) is 63.0 Å². The molecule has 4 rings (SSSR count). The van der Waals surface area contributed by atoms with E-state index >= 15 is 4.57 Å². The number of carbonyl (C=O) groups excluding carboxylic acids is 3. The van der Waals surface area contributed by atoms with E-state index in [1.165, 1.54) is 0 Å². The zero-order valence-corrected chi connectivity index (χ0v) is 33.5. The van der Waals surface area contributed by atoms with E-state index in [4.69, 9.17) is 42.5 Å². The van der Waals surface area contributed by atoms with Crippen molar-refractivity contribution in [2.24, 2.45) is 38.7 Å². The molecule has 18 heteroatoms. The van der Waals surface area contributed by atoms with Gasteiger partial charge in [-0.3, -0.25) is 14.6 Å². The number of benzene rings is 4. The Morgan fingerprint density at radius 1 is 0.627 bits per heavy atom. The first-order chi connectivity index (χ1) is 28.4. The largest absolute Gasteiger partial charge is 0.453 e. The Bertz CT molecular complexity index is 1970. The highest BCUT2D eigenvalue weighted by molar-refractivity contribution is 7.55. The minimum Gasteiger partial charge on any atom is -0.445 e. The highest BCUT2D eigenvalue weighted by atomic mass is 31.2. The van der Waals surface area contributed by atoms with Gasteiger partial charge in [-0.2, -0.15) is 0 Å². The summed E-state index contributed by atoms with van der Waals surface area (Å²) in [4.78, 5) is 49.5. The van der Waals surface area contributed by atoms with Gasteiger partial charge in [0.05, 0.1) is 5.69 Å². The molecule has 4 aromatic rings.